The van der Waals surface area contributed by atoms with E-state index in [0.29, 0.717) is 34.3 Å². The van der Waals surface area contributed by atoms with E-state index >= 15 is 0 Å². The Morgan fingerprint density at radius 1 is 1.07 bits per heavy atom. The van der Waals surface area contributed by atoms with Gasteiger partial charge >= 0.3 is 5.97 Å². The van der Waals surface area contributed by atoms with Crippen LogP contribution in [0.2, 0.25) is 0 Å². The number of hydrogen-bond acceptors (Lipinski definition) is 6. The van der Waals surface area contributed by atoms with Crippen LogP contribution in [0.5, 0.6) is 0 Å². The molecule has 0 bridgehead atoms. The van der Waals surface area contributed by atoms with E-state index in [2.05, 4.69) is 10.1 Å². The van der Waals surface area contributed by atoms with Crippen LogP contribution in [0.3, 0.4) is 0 Å². The maximum absolute atomic E-state index is 12.7. The van der Waals surface area contributed by atoms with Crippen molar-refractivity contribution in [2.45, 2.75) is 36.4 Å². The van der Waals surface area contributed by atoms with Gasteiger partial charge in [-0.2, -0.15) is 4.31 Å². The number of amides is 1. The second-order valence-corrected chi connectivity index (χ2v) is 10.2. The van der Waals surface area contributed by atoms with Gasteiger partial charge in [-0.05, 0) is 42.7 Å². The molecule has 1 aromatic carbocycles. The van der Waals surface area contributed by atoms with Gasteiger partial charge in [-0.15, -0.1) is 11.3 Å². The predicted octanol–water partition coefficient (Wildman–Crippen LogP) is 2.57. The molecule has 2 aromatic rings. The molecule has 1 aromatic heterocycles. The molecule has 0 saturated carbocycles. The molecule has 2 heterocycles. The molecular formula is C20H24N2O5S2. The Balaban J connectivity index is 1.54. The molecule has 9 heteroatoms. The van der Waals surface area contributed by atoms with Crippen molar-refractivity contribution in [3.8, 4) is 0 Å². The number of thiophene rings is 1. The Kier molecular flexibility index (Phi) is 7.05. The lowest BCUT2D eigenvalue weighted by atomic mass is 10.1. The normalized spacial score (nSPS) is 15.1. The van der Waals surface area contributed by atoms with Gasteiger partial charge in [0.05, 0.1) is 19.1 Å². The number of carbonyl (C=O) groups is 2. The number of nitrogens with zero attached hydrogens (tertiary/aromatic N) is 1. The van der Waals surface area contributed by atoms with Crippen molar-refractivity contribution in [1.29, 1.82) is 0 Å². The van der Waals surface area contributed by atoms with Crippen LogP contribution >= 0.6 is 11.3 Å². The Morgan fingerprint density at radius 3 is 2.41 bits per heavy atom. The minimum absolute atomic E-state index is 0.125. The number of piperidine rings is 1. The molecule has 0 radical (unpaired) electrons. The van der Waals surface area contributed by atoms with Crippen molar-refractivity contribution in [3.63, 3.8) is 0 Å². The summed E-state index contributed by atoms with van der Waals surface area (Å²) in [5, 5.41) is 2.81. The molecule has 1 aliphatic heterocycles. The molecule has 1 amide bonds. The van der Waals surface area contributed by atoms with Crippen molar-refractivity contribution in [2.75, 3.05) is 20.2 Å². The largest absolute Gasteiger partial charge is 0.465 e. The predicted molar refractivity (Wildman–Crippen MR) is 110 cm³/mol. The monoisotopic (exact) mass is 436 g/mol. The lowest BCUT2D eigenvalue weighted by molar-refractivity contribution is -0.120. The van der Waals surface area contributed by atoms with Crippen molar-refractivity contribution < 1.29 is 22.7 Å². The van der Waals surface area contributed by atoms with Crippen LogP contribution in [0.25, 0.3) is 0 Å². The SMILES string of the molecule is COC(=O)c1ccc(CNC(=O)Cc2ccc(S(=O)(=O)N3CCCCC3)s2)cc1. The first-order valence-electron chi connectivity index (χ1n) is 9.43. The van der Waals surface area contributed by atoms with E-state index in [4.69, 9.17) is 0 Å². The summed E-state index contributed by atoms with van der Waals surface area (Å²) in [7, 11) is -2.14. The number of ether oxygens (including phenoxy) is 1. The van der Waals surface area contributed by atoms with Gasteiger partial charge in [0.1, 0.15) is 4.21 Å². The molecule has 1 fully saturated rings. The molecule has 7 nitrogen and oxygen atoms in total. The third kappa shape index (κ3) is 5.43. The molecule has 0 spiro atoms. The molecule has 0 atom stereocenters. The number of rotatable bonds is 7. The molecule has 1 N–H and O–H groups in total. The van der Waals surface area contributed by atoms with Crippen LogP contribution in [-0.2, 0) is 32.5 Å². The maximum Gasteiger partial charge on any atom is 0.337 e. The molecular weight excluding hydrogens is 412 g/mol. The fourth-order valence-corrected chi connectivity index (χ4v) is 6.15. The molecule has 3 rings (SSSR count). The van der Waals surface area contributed by atoms with Gasteiger partial charge in [-0.3, -0.25) is 4.79 Å². The average molecular weight is 437 g/mol. The van der Waals surface area contributed by atoms with Gasteiger partial charge in [-0.1, -0.05) is 18.6 Å². The van der Waals surface area contributed by atoms with Gasteiger partial charge in [0.15, 0.2) is 0 Å². The smallest absolute Gasteiger partial charge is 0.337 e. The van der Waals surface area contributed by atoms with Gasteiger partial charge in [-0.25, -0.2) is 13.2 Å². The van der Waals surface area contributed by atoms with Crippen molar-refractivity contribution in [2.24, 2.45) is 0 Å². The summed E-state index contributed by atoms with van der Waals surface area (Å²) in [4.78, 5) is 24.4. The van der Waals surface area contributed by atoms with Gasteiger partial charge in [0, 0.05) is 24.5 Å². The Hall–Kier alpha value is -2.23. The van der Waals surface area contributed by atoms with Crippen LogP contribution in [0, 0.1) is 0 Å². The third-order valence-electron chi connectivity index (χ3n) is 4.75. The first-order valence-corrected chi connectivity index (χ1v) is 11.7. The van der Waals surface area contributed by atoms with E-state index in [-0.39, 0.29) is 12.3 Å². The van der Waals surface area contributed by atoms with E-state index in [9.17, 15) is 18.0 Å². The Labute approximate surface area is 174 Å². The summed E-state index contributed by atoms with van der Waals surface area (Å²) in [6, 6.07) is 10.1. The number of sulfonamides is 1. The van der Waals surface area contributed by atoms with Crippen LogP contribution in [0.1, 0.15) is 40.1 Å². The van der Waals surface area contributed by atoms with Crippen LogP contribution < -0.4 is 5.32 Å². The topological polar surface area (TPSA) is 92.8 Å². The number of benzene rings is 1. The lowest BCUT2D eigenvalue weighted by Gasteiger charge is -2.25. The standard InChI is InChI=1S/C20H24N2O5S2/c1-27-20(24)16-7-5-15(6-8-16)14-21-18(23)13-17-9-10-19(28-17)29(25,26)22-11-3-2-4-12-22/h5-10H,2-4,11-14H2,1H3,(H,21,23). The number of nitrogens with one attached hydrogen (secondary N) is 1. The number of methoxy groups -OCH3 is 1. The number of carbonyl (C=O) groups excluding carboxylic acids is 2. The number of esters is 1. The van der Waals surface area contributed by atoms with Gasteiger partial charge < -0.3 is 10.1 Å². The highest BCUT2D eigenvalue weighted by Crippen LogP contribution is 2.27. The second kappa shape index (κ2) is 9.51. The van der Waals surface area contributed by atoms with E-state index < -0.39 is 16.0 Å². The quantitative estimate of drug-likeness (QED) is 0.674. The summed E-state index contributed by atoms with van der Waals surface area (Å²) in [5.74, 6) is -0.598. The van der Waals surface area contributed by atoms with E-state index in [1.807, 2.05) is 0 Å². The van der Waals surface area contributed by atoms with E-state index in [1.165, 1.54) is 11.4 Å². The van der Waals surface area contributed by atoms with E-state index in [1.54, 1.807) is 36.4 Å². The molecule has 0 unspecified atom stereocenters. The van der Waals surface area contributed by atoms with Crippen molar-refractivity contribution in [3.05, 3.63) is 52.4 Å². The summed E-state index contributed by atoms with van der Waals surface area (Å²) in [6.07, 6.45) is 2.97. The highest BCUT2D eigenvalue weighted by Gasteiger charge is 2.27. The second-order valence-electron chi connectivity index (χ2n) is 6.83. The number of hydrogen-bond donors (Lipinski definition) is 1. The molecule has 1 saturated heterocycles. The lowest BCUT2D eigenvalue weighted by Crippen LogP contribution is -2.35. The maximum atomic E-state index is 12.7. The highest BCUT2D eigenvalue weighted by molar-refractivity contribution is 7.91. The van der Waals surface area contributed by atoms with Crippen LogP contribution in [0.15, 0.2) is 40.6 Å². The van der Waals surface area contributed by atoms with Crippen LogP contribution in [-0.4, -0.2) is 44.8 Å². The summed E-state index contributed by atoms with van der Waals surface area (Å²) in [5.41, 5.74) is 1.30. The zero-order valence-corrected chi connectivity index (χ0v) is 17.9. The molecule has 0 aliphatic carbocycles. The summed E-state index contributed by atoms with van der Waals surface area (Å²) >= 11 is 1.15. The Morgan fingerprint density at radius 2 is 1.76 bits per heavy atom. The highest BCUT2D eigenvalue weighted by atomic mass is 32.2. The zero-order valence-electron chi connectivity index (χ0n) is 16.2. The van der Waals surface area contributed by atoms with Crippen LogP contribution in [0.4, 0.5) is 0 Å². The van der Waals surface area contributed by atoms with Gasteiger partial charge in [0.2, 0.25) is 5.91 Å². The Bertz CT molecular complexity index is 961. The van der Waals surface area contributed by atoms with Gasteiger partial charge in [0.25, 0.3) is 10.0 Å². The third-order valence-corrected chi connectivity index (χ3v) is 8.20. The molecule has 156 valence electrons. The zero-order chi connectivity index (χ0) is 20.9. The summed E-state index contributed by atoms with van der Waals surface area (Å²) in [6.45, 7) is 1.44. The van der Waals surface area contributed by atoms with E-state index in [0.717, 1.165) is 36.2 Å². The minimum Gasteiger partial charge on any atom is -0.465 e. The summed E-state index contributed by atoms with van der Waals surface area (Å²) < 4.78 is 31.9. The first kappa shape index (κ1) is 21.5. The minimum atomic E-state index is -3.46. The van der Waals surface area contributed by atoms with Crippen molar-refractivity contribution >= 4 is 33.2 Å². The van der Waals surface area contributed by atoms with Crippen molar-refractivity contribution in [1.82, 2.24) is 9.62 Å². The fraction of sp³-hybridized carbons (Fsp3) is 0.400. The average Bonchev–Trinajstić information content (AvgIpc) is 3.22. The molecule has 1 aliphatic rings. The first-order chi connectivity index (χ1) is 13.9. The molecule has 29 heavy (non-hydrogen) atoms. The fourth-order valence-electron chi connectivity index (χ4n) is 3.12.